The molecular formula is C22H29BrN2O3. The Morgan fingerprint density at radius 3 is 2.39 bits per heavy atom. The molecule has 0 fully saturated rings. The van der Waals surface area contributed by atoms with Gasteiger partial charge >= 0.3 is 0 Å². The number of carbonyl (C=O) groups is 2. The Labute approximate surface area is 175 Å². The maximum atomic E-state index is 11.9. The first-order valence-corrected chi connectivity index (χ1v) is 10.2. The van der Waals surface area contributed by atoms with Crippen LogP contribution in [0.2, 0.25) is 0 Å². The molecule has 0 saturated heterocycles. The number of hydrogen-bond donors (Lipinski definition) is 2. The van der Waals surface area contributed by atoms with Gasteiger partial charge < -0.3 is 15.8 Å². The summed E-state index contributed by atoms with van der Waals surface area (Å²) in [7, 11) is 1.60. The Morgan fingerprint density at radius 1 is 1.18 bits per heavy atom. The number of carbonyl (C=O) groups excluding carboxylic acids is 2. The number of halogens is 1. The molecule has 0 aliphatic carbocycles. The number of nitrogen functional groups attached to an aromatic ring is 1. The summed E-state index contributed by atoms with van der Waals surface area (Å²) in [5.74, 6) is 0.651. The van der Waals surface area contributed by atoms with Gasteiger partial charge in [0.05, 0.1) is 7.11 Å². The molecule has 0 aliphatic heterocycles. The number of amides is 1. The van der Waals surface area contributed by atoms with Crippen molar-refractivity contribution in [2.24, 2.45) is 0 Å². The highest BCUT2D eigenvalue weighted by Crippen LogP contribution is 2.32. The number of ketones is 1. The fourth-order valence-electron chi connectivity index (χ4n) is 2.76. The molecule has 0 bridgehead atoms. The SMILES string of the molecule is CC.CCNC(=O)c1ccc(Cc2c(Br)cc(CC(C)=O)cc2OC)c(N)c1. The lowest BCUT2D eigenvalue weighted by atomic mass is 9.98. The molecular weight excluding hydrogens is 420 g/mol. The zero-order valence-electron chi connectivity index (χ0n) is 17.2. The van der Waals surface area contributed by atoms with Gasteiger partial charge in [0.25, 0.3) is 5.91 Å². The van der Waals surface area contributed by atoms with E-state index in [1.165, 1.54) is 0 Å². The van der Waals surface area contributed by atoms with Crippen molar-refractivity contribution in [2.75, 3.05) is 19.4 Å². The highest BCUT2D eigenvalue weighted by molar-refractivity contribution is 9.10. The summed E-state index contributed by atoms with van der Waals surface area (Å²) in [6.07, 6.45) is 0.907. The minimum atomic E-state index is -0.141. The van der Waals surface area contributed by atoms with Gasteiger partial charge in [-0.3, -0.25) is 9.59 Å². The molecule has 2 rings (SSSR count). The van der Waals surface area contributed by atoms with E-state index in [9.17, 15) is 9.59 Å². The maximum Gasteiger partial charge on any atom is 0.251 e. The first-order valence-electron chi connectivity index (χ1n) is 9.37. The van der Waals surface area contributed by atoms with Crippen LogP contribution in [0.4, 0.5) is 5.69 Å². The molecule has 2 aromatic carbocycles. The number of hydrogen-bond acceptors (Lipinski definition) is 4. The van der Waals surface area contributed by atoms with E-state index in [2.05, 4.69) is 21.2 Å². The summed E-state index contributed by atoms with van der Waals surface area (Å²) in [5.41, 5.74) is 9.98. The van der Waals surface area contributed by atoms with Crippen LogP contribution in [-0.4, -0.2) is 25.3 Å². The Morgan fingerprint density at radius 2 is 1.86 bits per heavy atom. The second kappa shape index (κ2) is 11.5. The minimum absolute atomic E-state index is 0.0943. The quantitative estimate of drug-likeness (QED) is 0.609. The van der Waals surface area contributed by atoms with Gasteiger partial charge in [-0.25, -0.2) is 0 Å². The number of methoxy groups -OCH3 is 1. The number of Topliss-reactive ketones (excluding diaryl/α,β-unsaturated/α-hetero) is 1. The van der Waals surface area contributed by atoms with E-state index < -0.39 is 0 Å². The normalized spacial score (nSPS) is 9.93. The summed E-state index contributed by atoms with van der Waals surface area (Å²) >= 11 is 3.57. The number of nitrogens with two attached hydrogens (primary N) is 1. The number of rotatable bonds is 7. The van der Waals surface area contributed by atoms with Gasteiger partial charge in [0.1, 0.15) is 11.5 Å². The van der Waals surface area contributed by atoms with Crippen molar-refractivity contribution in [1.82, 2.24) is 5.32 Å². The van der Waals surface area contributed by atoms with Gasteiger partial charge in [0.15, 0.2) is 0 Å². The molecule has 28 heavy (non-hydrogen) atoms. The number of benzene rings is 2. The lowest BCUT2D eigenvalue weighted by molar-refractivity contribution is -0.116. The molecule has 0 unspecified atom stereocenters. The zero-order chi connectivity index (χ0) is 21.3. The van der Waals surface area contributed by atoms with Crippen molar-refractivity contribution in [3.8, 4) is 5.75 Å². The Bertz CT molecular complexity index is 835. The number of anilines is 1. The summed E-state index contributed by atoms with van der Waals surface area (Å²) in [5, 5.41) is 2.76. The molecule has 3 N–H and O–H groups in total. The predicted molar refractivity (Wildman–Crippen MR) is 118 cm³/mol. The van der Waals surface area contributed by atoms with Crippen LogP contribution in [0.3, 0.4) is 0 Å². The minimum Gasteiger partial charge on any atom is -0.496 e. The largest absolute Gasteiger partial charge is 0.496 e. The third-order valence-electron chi connectivity index (χ3n) is 4.00. The monoisotopic (exact) mass is 448 g/mol. The fourth-order valence-corrected chi connectivity index (χ4v) is 3.39. The van der Waals surface area contributed by atoms with Crippen molar-refractivity contribution >= 4 is 33.3 Å². The third kappa shape index (κ3) is 6.37. The van der Waals surface area contributed by atoms with E-state index >= 15 is 0 Å². The average molecular weight is 449 g/mol. The van der Waals surface area contributed by atoms with E-state index in [0.717, 1.165) is 21.2 Å². The first-order chi connectivity index (χ1) is 13.3. The fraction of sp³-hybridized carbons (Fsp3) is 0.364. The lowest BCUT2D eigenvalue weighted by Gasteiger charge is -2.15. The maximum absolute atomic E-state index is 11.9. The van der Waals surface area contributed by atoms with E-state index in [0.29, 0.717) is 36.4 Å². The summed E-state index contributed by atoms with van der Waals surface area (Å²) in [6.45, 7) is 8.00. The molecule has 5 nitrogen and oxygen atoms in total. The van der Waals surface area contributed by atoms with E-state index in [1.54, 1.807) is 26.2 Å². The molecule has 0 aliphatic rings. The predicted octanol–water partition coefficient (Wildman–Crippen LogP) is 4.54. The molecule has 0 heterocycles. The van der Waals surface area contributed by atoms with Gasteiger partial charge in [-0.1, -0.05) is 35.8 Å². The van der Waals surface area contributed by atoms with E-state index in [1.807, 2.05) is 39.0 Å². The summed E-state index contributed by atoms with van der Waals surface area (Å²) in [6, 6.07) is 9.11. The molecule has 6 heteroatoms. The lowest BCUT2D eigenvalue weighted by Crippen LogP contribution is -2.22. The van der Waals surface area contributed by atoms with Gasteiger partial charge in [0, 0.05) is 40.7 Å². The van der Waals surface area contributed by atoms with Crippen LogP contribution in [0, 0.1) is 0 Å². The van der Waals surface area contributed by atoms with Crippen molar-refractivity contribution in [2.45, 2.75) is 40.5 Å². The van der Waals surface area contributed by atoms with Gasteiger partial charge in [-0.2, -0.15) is 0 Å². The standard InChI is InChI=1S/C20H23BrN2O3.C2H6/c1-4-23-20(25)15-6-5-14(18(22)11-15)10-16-17(21)8-13(7-12(2)24)9-19(16)26-3;1-2/h5-6,8-9,11H,4,7,10,22H2,1-3H3,(H,23,25);1-2H3. The smallest absolute Gasteiger partial charge is 0.251 e. The van der Waals surface area contributed by atoms with Crippen molar-refractivity contribution < 1.29 is 14.3 Å². The van der Waals surface area contributed by atoms with Gasteiger partial charge in [-0.05, 0) is 49.2 Å². The van der Waals surface area contributed by atoms with E-state index in [-0.39, 0.29) is 11.7 Å². The molecule has 0 spiro atoms. The van der Waals surface area contributed by atoms with Crippen molar-refractivity contribution in [3.05, 3.63) is 57.1 Å². The van der Waals surface area contributed by atoms with Crippen molar-refractivity contribution in [3.63, 3.8) is 0 Å². The van der Waals surface area contributed by atoms with Gasteiger partial charge in [0.2, 0.25) is 0 Å². The average Bonchev–Trinajstić information content (AvgIpc) is 2.66. The highest BCUT2D eigenvalue weighted by Gasteiger charge is 2.14. The highest BCUT2D eigenvalue weighted by atomic mass is 79.9. The second-order valence-electron chi connectivity index (χ2n) is 6.09. The van der Waals surface area contributed by atoms with Crippen molar-refractivity contribution in [1.29, 1.82) is 0 Å². The molecule has 152 valence electrons. The van der Waals surface area contributed by atoms with E-state index in [4.69, 9.17) is 10.5 Å². The molecule has 0 aromatic heterocycles. The zero-order valence-corrected chi connectivity index (χ0v) is 18.8. The van der Waals surface area contributed by atoms with Gasteiger partial charge in [-0.15, -0.1) is 0 Å². The van der Waals surface area contributed by atoms with Crippen LogP contribution < -0.4 is 15.8 Å². The number of ether oxygens (including phenoxy) is 1. The molecule has 0 atom stereocenters. The third-order valence-corrected chi connectivity index (χ3v) is 4.71. The molecule has 0 saturated carbocycles. The Kier molecular flexibility index (Phi) is 9.73. The summed E-state index contributed by atoms with van der Waals surface area (Å²) in [4.78, 5) is 23.3. The van der Waals surface area contributed by atoms with Crippen LogP contribution >= 0.6 is 15.9 Å². The topological polar surface area (TPSA) is 81.4 Å². The second-order valence-corrected chi connectivity index (χ2v) is 6.94. The summed E-state index contributed by atoms with van der Waals surface area (Å²) < 4.78 is 6.37. The van der Waals surface area contributed by atoms with Crippen LogP contribution in [0.1, 0.15) is 54.7 Å². The number of nitrogens with one attached hydrogen (secondary N) is 1. The van der Waals surface area contributed by atoms with Crippen LogP contribution in [0.5, 0.6) is 5.75 Å². The Hall–Kier alpha value is -2.34. The van der Waals surface area contributed by atoms with Crippen LogP contribution in [0.25, 0.3) is 0 Å². The first kappa shape index (κ1) is 23.7. The Balaban J connectivity index is 0.00000190. The van der Waals surface area contributed by atoms with Crippen LogP contribution in [-0.2, 0) is 17.6 Å². The molecule has 2 aromatic rings. The molecule has 1 amide bonds. The molecule has 0 radical (unpaired) electrons. The van der Waals surface area contributed by atoms with Crippen LogP contribution in [0.15, 0.2) is 34.8 Å².